The molecule has 0 saturated heterocycles. The summed E-state index contributed by atoms with van der Waals surface area (Å²) < 4.78 is 27.0. The van der Waals surface area contributed by atoms with Crippen molar-refractivity contribution in [2.45, 2.75) is 0 Å². The average molecular weight is 307 g/mol. The monoisotopic (exact) mass is 306 g/mol. The van der Waals surface area contributed by atoms with Gasteiger partial charge < -0.3 is 10.1 Å². The standard InChI is InChI=1S/C15H9ClF2N2O/c16-8-4-5-9-10(15(21)20-13(9)6-8)7-19-14-11(17)2-1-3-12(14)18/h1-7,20-21H. The summed E-state index contributed by atoms with van der Waals surface area (Å²) in [7, 11) is 0. The van der Waals surface area contributed by atoms with E-state index in [2.05, 4.69) is 9.98 Å². The molecule has 0 fully saturated rings. The Labute approximate surface area is 123 Å². The molecule has 0 bridgehead atoms. The van der Waals surface area contributed by atoms with Crippen LogP contribution < -0.4 is 0 Å². The number of aromatic nitrogens is 1. The van der Waals surface area contributed by atoms with Gasteiger partial charge in [-0.05, 0) is 24.3 Å². The van der Waals surface area contributed by atoms with Crippen LogP contribution >= 0.6 is 11.6 Å². The average Bonchev–Trinajstić information content (AvgIpc) is 2.73. The molecule has 6 heteroatoms. The van der Waals surface area contributed by atoms with Crippen LogP contribution in [0.25, 0.3) is 10.9 Å². The molecule has 3 aromatic rings. The third kappa shape index (κ3) is 2.48. The number of halogens is 3. The van der Waals surface area contributed by atoms with Gasteiger partial charge in [-0.25, -0.2) is 13.8 Å². The quantitative estimate of drug-likeness (QED) is 0.670. The molecule has 3 nitrogen and oxygen atoms in total. The topological polar surface area (TPSA) is 48.4 Å². The van der Waals surface area contributed by atoms with Gasteiger partial charge in [0.25, 0.3) is 0 Å². The molecule has 21 heavy (non-hydrogen) atoms. The summed E-state index contributed by atoms with van der Waals surface area (Å²) >= 11 is 5.86. The van der Waals surface area contributed by atoms with Crippen LogP contribution in [0.2, 0.25) is 5.02 Å². The molecule has 0 aliphatic carbocycles. The molecule has 106 valence electrons. The molecule has 0 saturated carbocycles. The number of aliphatic imine (C=N–C) groups is 1. The smallest absolute Gasteiger partial charge is 0.198 e. The Bertz CT molecular complexity index is 838. The van der Waals surface area contributed by atoms with Crippen LogP contribution in [0.5, 0.6) is 5.88 Å². The van der Waals surface area contributed by atoms with Crippen molar-refractivity contribution in [1.29, 1.82) is 0 Å². The van der Waals surface area contributed by atoms with E-state index in [4.69, 9.17) is 11.6 Å². The Morgan fingerprint density at radius 1 is 1.14 bits per heavy atom. The molecule has 2 aromatic carbocycles. The van der Waals surface area contributed by atoms with E-state index < -0.39 is 17.3 Å². The van der Waals surface area contributed by atoms with Gasteiger partial charge in [0.05, 0.1) is 11.1 Å². The lowest BCUT2D eigenvalue weighted by Gasteiger charge is -1.98. The van der Waals surface area contributed by atoms with Crippen molar-refractivity contribution >= 4 is 34.4 Å². The van der Waals surface area contributed by atoms with E-state index in [1.54, 1.807) is 18.2 Å². The van der Waals surface area contributed by atoms with Crippen LogP contribution in [0.1, 0.15) is 5.56 Å². The van der Waals surface area contributed by atoms with Crippen molar-refractivity contribution in [3.8, 4) is 5.88 Å². The Morgan fingerprint density at radius 3 is 2.57 bits per heavy atom. The fourth-order valence-electron chi connectivity index (χ4n) is 2.05. The first-order chi connectivity index (χ1) is 10.1. The lowest BCUT2D eigenvalue weighted by molar-refractivity contribution is 0.457. The van der Waals surface area contributed by atoms with E-state index in [1.165, 1.54) is 12.3 Å². The number of nitrogens with one attached hydrogen (secondary N) is 1. The Hall–Kier alpha value is -2.40. The number of rotatable bonds is 2. The molecule has 0 unspecified atom stereocenters. The highest BCUT2D eigenvalue weighted by molar-refractivity contribution is 6.31. The molecule has 2 N–H and O–H groups in total. The number of fused-ring (bicyclic) bond motifs is 1. The fraction of sp³-hybridized carbons (Fsp3) is 0. The van der Waals surface area contributed by atoms with Gasteiger partial charge in [0, 0.05) is 16.6 Å². The molecule has 0 aliphatic heterocycles. The van der Waals surface area contributed by atoms with Gasteiger partial charge in [0.15, 0.2) is 17.5 Å². The number of para-hydroxylation sites is 1. The van der Waals surface area contributed by atoms with Gasteiger partial charge >= 0.3 is 0 Å². The summed E-state index contributed by atoms with van der Waals surface area (Å²) in [5.41, 5.74) is 0.542. The van der Waals surface area contributed by atoms with Crippen molar-refractivity contribution in [2.24, 2.45) is 4.99 Å². The second-order valence-electron chi connectivity index (χ2n) is 4.41. The van der Waals surface area contributed by atoms with E-state index in [-0.39, 0.29) is 5.88 Å². The van der Waals surface area contributed by atoms with Crippen molar-refractivity contribution in [2.75, 3.05) is 0 Å². The maximum atomic E-state index is 13.5. The summed E-state index contributed by atoms with van der Waals surface area (Å²) in [6.45, 7) is 0. The second-order valence-corrected chi connectivity index (χ2v) is 4.84. The van der Waals surface area contributed by atoms with Crippen molar-refractivity contribution < 1.29 is 13.9 Å². The van der Waals surface area contributed by atoms with Crippen molar-refractivity contribution in [1.82, 2.24) is 4.98 Å². The molecule has 0 atom stereocenters. The van der Waals surface area contributed by atoms with Crippen LogP contribution in [0.15, 0.2) is 41.4 Å². The molecule has 3 rings (SSSR count). The zero-order chi connectivity index (χ0) is 15.0. The van der Waals surface area contributed by atoms with Gasteiger partial charge in [0.1, 0.15) is 5.69 Å². The summed E-state index contributed by atoms with van der Waals surface area (Å²) in [6.07, 6.45) is 1.21. The van der Waals surface area contributed by atoms with Crippen LogP contribution in [-0.4, -0.2) is 16.3 Å². The molecular weight excluding hydrogens is 298 g/mol. The largest absolute Gasteiger partial charge is 0.494 e. The molecule has 0 aliphatic rings. The SMILES string of the molecule is Oc1[nH]c2cc(Cl)ccc2c1C=Nc1c(F)cccc1F. The molecule has 1 aromatic heterocycles. The van der Waals surface area contributed by atoms with Gasteiger partial charge in [-0.2, -0.15) is 0 Å². The van der Waals surface area contributed by atoms with Gasteiger partial charge in [-0.1, -0.05) is 23.7 Å². The van der Waals surface area contributed by atoms with E-state index >= 15 is 0 Å². The third-order valence-electron chi connectivity index (χ3n) is 3.04. The van der Waals surface area contributed by atoms with Gasteiger partial charge in [-0.15, -0.1) is 0 Å². The second kappa shape index (κ2) is 5.18. The fourth-order valence-corrected chi connectivity index (χ4v) is 2.22. The number of aromatic hydroxyl groups is 1. The van der Waals surface area contributed by atoms with Crippen LogP contribution in [0.4, 0.5) is 14.5 Å². The van der Waals surface area contributed by atoms with E-state index in [9.17, 15) is 13.9 Å². The summed E-state index contributed by atoms with van der Waals surface area (Å²) in [5, 5.41) is 11.0. The minimum absolute atomic E-state index is 0.146. The lowest BCUT2D eigenvalue weighted by Crippen LogP contribution is -1.84. The highest BCUT2D eigenvalue weighted by Gasteiger charge is 2.11. The van der Waals surface area contributed by atoms with Crippen molar-refractivity contribution in [3.05, 3.63) is 58.6 Å². The summed E-state index contributed by atoms with van der Waals surface area (Å²) in [6, 6.07) is 8.47. The number of aromatic amines is 1. The number of H-pyrrole nitrogens is 1. The Kier molecular flexibility index (Phi) is 3.35. The number of benzene rings is 2. The first kappa shape index (κ1) is 13.6. The Balaban J connectivity index is 2.10. The Morgan fingerprint density at radius 2 is 1.86 bits per heavy atom. The van der Waals surface area contributed by atoms with Gasteiger partial charge in [0.2, 0.25) is 0 Å². The predicted octanol–water partition coefficient (Wildman–Crippen LogP) is 4.56. The van der Waals surface area contributed by atoms with Crippen LogP contribution in [0, 0.1) is 11.6 Å². The molecule has 1 heterocycles. The molecule has 0 radical (unpaired) electrons. The number of hydrogen-bond donors (Lipinski definition) is 2. The molecular formula is C15H9ClF2N2O. The van der Waals surface area contributed by atoms with Crippen LogP contribution in [0.3, 0.4) is 0 Å². The summed E-state index contributed by atoms with van der Waals surface area (Å²) in [5.74, 6) is -1.69. The van der Waals surface area contributed by atoms with E-state index in [0.717, 1.165) is 12.1 Å². The number of nitrogens with zero attached hydrogens (tertiary/aromatic N) is 1. The van der Waals surface area contributed by atoms with Crippen LogP contribution in [-0.2, 0) is 0 Å². The first-order valence-corrected chi connectivity index (χ1v) is 6.42. The first-order valence-electron chi connectivity index (χ1n) is 6.04. The zero-order valence-electron chi connectivity index (χ0n) is 10.6. The van der Waals surface area contributed by atoms with Gasteiger partial charge in [-0.3, -0.25) is 0 Å². The van der Waals surface area contributed by atoms with Crippen molar-refractivity contribution in [3.63, 3.8) is 0 Å². The summed E-state index contributed by atoms with van der Waals surface area (Å²) in [4.78, 5) is 6.52. The predicted molar refractivity (Wildman–Crippen MR) is 78.6 cm³/mol. The highest BCUT2D eigenvalue weighted by atomic mass is 35.5. The normalized spacial score (nSPS) is 11.6. The maximum absolute atomic E-state index is 13.5. The lowest BCUT2D eigenvalue weighted by atomic mass is 10.2. The zero-order valence-corrected chi connectivity index (χ0v) is 11.3. The number of hydrogen-bond acceptors (Lipinski definition) is 2. The minimum atomic E-state index is -0.770. The highest BCUT2D eigenvalue weighted by Crippen LogP contribution is 2.29. The molecule has 0 amide bonds. The third-order valence-corrected chi connectivity index (χ3v) is 3.28. The minimum Gasteiger partial charge on any atom is -0.494 e. The maximum Gasteiger partial charge on any atom is 0.198 e. The molecule has 0 spiro atoms. The van der Waals surface area contributed by atoms with E-state index in [0.29, 0.717) is 21.5 Å². The van der Waals surface area contributed by atoms with E-state index in [1.807, 2.05) is 0 Å².